The molecule has 2 fully saturated rings. The van der Waals surface area contributed by atoms with Crippen LogP contribution in [0.4, 0.5) is 0 Å². The van der Waals surface area contributed by atoms with Gasteiger partial charge in [-0.05, 0) is 62.8 Å². The van der Waals surface area contributed by atoms with Crippen molar-refractivity contribution in [2.24, 2.45) is 5.92 Å². The summed E-state index contributed by atoms with van der Waals surface area (Å²) < 4.78 is 16.6. The molecule has 3 rings (SSSR count). The Hall–Kier alpha value is -2.08. The summed E-state index contributed by atoms with van der Waals surface area (Å²) >= 11 is 0. The quantitative estimate of drug-likeness (QED) is 0.723. The lowest BCUT2D eigenvalue weighted by molar-refractivity contribution is -0.130. The molecule has 1 saturated carbocycles. The van der Waals surface area contributed by atoms with Crippen LogP contribution in [0, 0.1) is 5.92 Å². The number of esters is 1. The lowest BCUT2D eigenvalue weighted by Crippen LogP contribution is -2.45. The van der Waals surface area contributed by atoms with Gasteiger partial charge in [-0.2, -0.15) is 0 Å². The van der Waals surface area contributed by atoms with Gasteiger partial charge in [0.1, 0.15) is 12.4 Å². The number of carbonyl (C=O) groups excluding carboxylic acids is 2. The van der Waals surface area contributed by atoms with Gasteiger partial charge in [0.25, 0.3) is 5.91 Å². The van der Waals surface area contributed by atoms with Crippen LogP contribution in [-0.2, 0) is 14.3 Å². The minimum Gasteiger partial charge on any atom is -0.491 e. The monoisotopic (exact) mass is 389 g/mol. The van der Waals surface area contributed by atoms with Gasteiger partial charge in [-0.25, -0.2) is 4.79 Å². The second-order valence-electron chi connectivity index (χ2n) is 7.89. The number of hydrogen-bond acceptors (Lipinski definition) is 5. The largest absolute Gasteiger partial charge is 0.491 e. The van der Waals surface area contributed by atoms with Gasteiger partial charge in [-0.1, -0.05) is 19.8 Å². The first-order valence-corrected chi connectivity index (χ1v) is 10.4. The molecule has 1 saturated heterocycles. The first kappa shape index (κ1) is 20.6. The summed E-state index contributed by atoms with van der Waals surface area (Å²) in [5, 5.41) is 3.03. The van der Waals surface area contributed by atoms with E-state index in [-0.39, 0.29) is 18.1 Å². The average molecular weight is 389 g/mol. The molecule has 1 N–H and O–H groups in total. The van der Waals surface area contributed by atoms with Crippen LogP contribution >= 0.6 is 0 Å². The minimum absolute atomic E-state index is 0.149. The van der Waals surface area contributed by atoms with Crippen LogP contribution in [0.1, 0.15) is 62.7 Å². The number of rotatable bonds is 7. The third kappa shape index (κ3) is 5.71. The van der Waals surface area contributed by atoms with Crippen molar-refractivity contribution >= 4 is 11.9 Å². The van der Waals surface area contributed by atoms with Crippen LogP contribution in [0.2, 0.25) is 0 Å². The molecule has 6 nitrogen and oxygen atoms in total. The third-order valence-electron chi connectivity index (χ3n) is 5.64. The highest BCUT2D eigenvalue weighted by atomic mass is 16.5. The summed E-state index contributed by atoms with van der Waals surface area (Å²) in [6.07, 6.45) is 5.87. The predicted octanol–water partition coefficient (Wildman–Crippen LogP) is 3.48. The Morgan fingerprint density at radius 2 is 1.89 bits per heavy atom. The molecular formula is C22H31NO5. The molecule has 1 amide bonds. The molecule has 1 aromatic carbocycles. The van der Waals surface area contributed by atoms with Crippen molar-refractivity contribution in [3.8, 4) is 5.75 Å². The lowest BCUT2D eigenvalue weighted by atomic mass is 9.86. The van der Waals surface area contributed by atoms with E-state index in [2.05, 4.69) is 12.2 Å². The average Bonchev–Trinajstić information content (AvgIpc) is 3.22. The molecule has 0 bridgehead atoms. The molecule has 28 heavy (non-hydrogen) atoms. The fraction of sp³-hybridized carbons (Fsp3) is 0.636. The molecule has 2 aliphatic rings. The van der Waals surface area contributed by atoms with Crippen LogP contribution in [-0.4, -0.2) is 43.3 Å². The van der Waals surface area contributed by atoms with Gasteiger partial charge in [0.05, 0.1) is 11.7 Å². The molecule has 1 aliphatic carbocycles. The second-order valence-corrected chi connectivity index (χ2v) is 7.89. The van der Waals surface area contributed by atoms with Gasteiger partial charge in [-0.15, -0.1) is 0 Å². The highest BCUT2D eigenvalue weighted by molar-refractivity contribution is 5.92. The summed E-state index contributed by atoms with van der Waals surface area (Å²) in [7, 11) is 0. The Morgan fingerprint density at radius 1 is 1.14 bits per heavy atom. The molecule has 4 atom stereocenters. The molecule has 0 aromatic heterocycles. The van der Waals surface area contributed by atoms with Crippen molar-refractivity contribution < 1.29 is 23.8 Å². The van der Waals surface area contributed by atoms with E-state index in [9.17, 15) is 9.59 Å². The van der Waals surface area contributed by atoms with Gasteiger partial charge in [0.2, 0.25) is 0 Å². The first-order chi connectivity index (χ1) is 13.5. The second kappa shape index (κ2) is 9.92. The normalized spacial score (nSPS) is 25.7. The summed E-state index contributed by atoms with van der Waals surface area (Å²) in [6, 6.07) is 6.95. The summed E-state index contributed by atoms with van der Waals surface area (Å²) in [5.41, 5.74) is 0.398. The van der Waals surface area contributed by atoms with Crippen LogP contribution in [0.25, 0.3) is 0 Å². The summed E-state index contributed by atoms with van der Waals surface area (Å²) in [6.45, 7) is 5.08. The van der Waals surface area contributed by atoms with Gasteiger partial charge in [0.15, 0.2) is 6.10 Å². The molecular weight excluding hydrogens is 358 g/mol. The van der Waals surface area contributed by atoms with Crippen molar-refractivity contribution in [2.45, 2.75) is 70.6 Å². The lowest BCUT2D eigenvalue weighted by Gasteiger charge is -2.30. The number of hydrogen-bond donors (Lipinski definition) is 1. The van der Waals surface area contributed by atoms with Crippen molar-refractivity contribution in [3.05, 3.63) is 29.8 Å². The topological polar surface area (TPSA) is 73.9 Å². The van der Waals surface area contributed by atoms with E-state index in [1.165, 1.54) is 6.42 Å². The zero-order chi connectivity index (χ0) is 19.9. The van der Waals surface area contributed by atoms with E-state index < -0.39 is 12.1 Å². The van der Waals surface area contributed by atoms with Crippen molar-refractivity contribution in [1.29, 1.82) is 0 Å². The number of nitrogens with one attached hydrogen (secondary N) is 1. The zero-order valence-electron chi connectivity index (χ0n) is 16.8. The molecule has 0 unspecified atom stereocenters. The maximum Gasteiger partial charge on any atom is 0.338 e. The molecule has 1 aromatic rings. The molecule has 6 heteroatoms. The van der Waals surface area contributed by atoms with Gasteiger partial charge in [0, 0.05) is 12.6 Å². The Kier molecular flexibility index (Phi) is 7.31. The van der Waals surface area contributed by atoms with Crippen LogP contribution in [0.3, 0.4) is 0 Å². The number of benzene rings is 1. The molecule has 154 valence electrons. The highest BCUT2D eigenvalue weighted by Gasteiger charge is 2.26. The first-order valence-electron chi connectivity index (χ1n) is 10.4. The van der Waals surface area contributed by atoms with Crippen LogP contribution in [0.5, 0.6) is 5.75 Å². The van der Waals surface area contributed by atoms with E-state index in [0.29, 0.717) is 23.8 Å². The Balaban J connectivity index is 1.45. The maximum absolute atomic E-state index is 12.4. The zero-order valence-corrected chi connectivity index (χ0v) is 16.8. The fourth-order valence-corrected chi connectivity index (χ4v) is 3.77. The minimum atomic E-state index is -0.822. The van der Waals surface area contributed by atoms with E-state index in [0.717, 1.165) is 38.7 Å². The number of amides is 1. The van der Waals surface area contributed by atoms with E-state index >= 15 is 0 Å². The Bertz CT molecular complexity index is 653. The van der Waals surface area contributed by atoms with Crippen LogP contribution in [0.15, 0.2) is 24.3 Å². The predicted molar refractivity (Wildman–Crippen MR) is 105 cm³/mol. The fourth-order valence-electron chi connectivity index (χ4n) is 3.77. The smallest absolute Gasteiger partial charge is 0.338 e. The SMILES string of the molecule is C[C@@H]1CCCC[C@@H]1NC(=O)[C@@H](C)OC(=O)c1ccc(OC[C@@H]2CCCO2)cc1. The standard InChI is InChI=1S/C22H31NO5/c1-15-6-3-4-8-20(15)23-21(24)16(2)28-22(25)17-9-11-18(12-10-17)27-14-19-7-5-13-26-19/h9-12,15-16,19-20H,3-8,13-14H2,1-2H3,(H,23,24)/t15-,16-,19+,20+/m1/s1. The van der Waals surface area contributed by atoms with E-state index in [1.54, 1.807) is 31.2 Å². The maximum atomic E-state index is 12.4. The van der Waals surface area contributed by atoms with Gasteiger partial charge < -0.3 is 19.5 Å². The van der Waals surface area contributed by atoms with E-state index in [4.69, 9.17) is 14.2 Å². The number of carbonyl (C=O) groups is 2. The molecule has 0 spiro atoms. The highest BCUT2D eigenvalue weighted by Crippen LogP contribution is 2.24. The Labute approximate surface area is 166 Å². The van der Waals surface area contributed by atoms with Crippen molar-refractivity contribution in [2.75, 3.05) is 13.2 Å². The summed E-state index contributed by atoms with van der Waals surface area (Å²) in [4.78, 5) is 24.7. The summed E-state index contributed by atoms with van der Waals surface area (Å²) in [5.74, 6) is 0.403. The molecule has 0 radical (unpaired) electrons. The van der Waals surface area contributed by atoms with Gasteiger partial charge in [-0.3, -0.25) is 4.79 Å². The Morgan fingerprint density at radius 3 is 2.57 bits per heavy atom. The van der Waals surface area contributed by atoms with Crippen LogP contribution < -0.4 is 10.1 Å². The molecule has 1 heterocycles. The number of ether oxygens (including phenoxy) is 3. The van der Waals surface area contributed by atoms with E-state index in [1.807, 2.05) is 0 Å². The molecule has 1 aliphatic heterocycles. The van der Waals surface area contributed by atoms with Gasteiger partial charge >= 0.3 is 5.97 Å². The van der Waals surface area contributed by atoms with Crippen molar-refractivity contribution in [3.63, 3.8) is 0 Å². The van der Waals surface area contributed by atoms with Crippen molar-refractivity contribution in [1.82, 2.24) is 5.32 Å². The third-order valence-corrected chi connectivity index (χ3v) is 5.64.